The average Bonchev–Trinajstić information content (AvgIpc) is 2.86. The zero-order valence-electron chi connectivity index (χ0n) is 18.6. The second-order valence-electron chi connectivity index (χ2n) is 8.15. The van der Waals surface area contributed by atoms with Crippen molar-refractivity contribution in [1.29, 1.82) is 5.26 Å². The van der Waals surface area contributed by atoms with Crippen LogP contribution in [0.3, 0.4) is 0 Å². The number of benzene rings is 4. The van der Waals surface area contributed by atoms with Crippen LogP contribution < -0.4 is 4.74 Å². The minimum absolute atomic E-state index is 0.136. The van der Waals surface area contributed by atoms with Crippen LogP contribution in [0.2, 0.25) is 0 Å². The van der Waals surface area contributed by atoms with Gasteiger partial charge in [0.1, 0.15) is 18.2 Å². The summed E-state index contributed by atoms with van der Waals surface area (Å²) in [7, 11) is 0. The third-order valence-electron chi connectivity index (χ3n) is 5.86. The third kappa shape index (κ3) is 5.67. The number of rotatable bonds is 9. The third-order valence-corrected chi connectivity index (χ3v) is 5.86. The quantitative estimate of drug-likeness (QED) is 0.266. The van der Waals surface area contributed by atoms with E-state index >= 15 is 4.39 Å². The Morgan fingerprint density at radius 2 is 1.42 bits per heavy atom. The summed E-state index contributed by atoms with van der Waals surface area (Å²) < 4.78 is 20.7. The van der Waals surface area contributed by atoms with Crippen LogP contribution >= 0.6 is 0 Å². The molecular formula is C30H26FNO. The second kappa shape index (κ2) is 10.6. The Kier molecular flexibility index (Phi) is 7.17. The van der Waals surface area contributed by atoms with E-state index in [-0.39, 0.29) is 5.82 Å². The number of fused-ring (bicyclic) bond motifs is 1. The Balaban J connectivity index is 1.40. The van der Waals surface area contributed by atoms with Crippen LogP contribution in [0.15, 0.2) is 91.5 Å². The van der Waals surface area contributed by atoms with Crippen molar-refractivity contribution in [2.45, 2.75) is 25.7 Å². The lowest BCUT2D eigenvalue weighted by Gasteiger charge is -2.09. The topological polar surface area (TPSA) is 33.0 Å². The molecule has 0 aliphatic heterocycles. The molecule has 0 heterocycles. The Morgan fingerprint density at radius 1 is 0.788 bits per heavy atom. The molecule has 164 valence electrons. The molecule has 4 rings (SSSR count). The molecular weight excluding hydrogens is 409 g/mol. The summed E-state index contributed by atoms with van der Waals surface area (Å²) in [4.78, 5) is 0. The average molecular weight is 436 g/mol. The van der Waals surface area contributed by atoms with Crippen LogP contribution in [0.5, 0.6) is 5.75 Å². The van der Waals surface area contributed by atoms with Crippen LogP contribution in [0, 0.1) is 17.1 Å². The van der Waals surface area contributed by atoms with Crippen LogP contribution in [0.1, 0.15) is 27.8 Å². The maximum Gasteiger partial charge on any atom is 0.134 e. The fourth-order valence-electron chi connectivity index (χ4n) is 3.96. The Labute approximate surface area is 194 Å². The number of nitrogens with zero attached hydrogens (tertiary/aromatic N) is 1. The molecule has 0 spiro atoms. The van der Waals surface area contributed by atoms with Gasteiger partial charge in [-0.25, -0.2) is 4.39 Å². The van der Waals surface area contributed by atoms with E-state index in [1.54, 1.807) is 18.2 Å². The number of nitriles is 1. The van der Waals surface area contributed by atoms with Gasteiger partial charge in [-0.1, -0.05) is 67.3 Å². The highest BCUT2D eigenvalue weighted by molar-refractivity contribution is 5.84. The van der Waals surface area contributed by atoms with E-state index in [9.17, 15) is 0 Å². The second-order valence-corrected chi connectivity index (χ2v) is 8.15. The molecule has 3 heteroatoms. The van der Waals surface area contributed by atoms with E-state index < -0.39 is 0 Å². The minimum Gasteiger partial charge on any atom is -0.490 e. The summed E-state index contributed by atoms with van der Waals surface area (Å²) in [6, 6.07) is 27.7. The smallest absolute Gasteiger partial charge is 0.134 e. The van der Waals surface area contributed by atoms with Crippen molar-refractivity contribution < 1.29 is 9.13 Å². The molecule has 4 aromatic carbocycles. The van der Waals surface area contributed by atoms with Crippen molar-refractivity contribution in [2.24, 2.45) is 0 Å². The van der Waals surface area contributed by atoms with Crippen LogP contribution in [-0.4, -0.2) is 6.61 Å². The molecule has 0 aliphatic rings. The molecule has 0 fully saturated rings. The van der Waals surface area contributed by atoms with Gasteiger partial charge in [-0.15, -0.1) is 0 Å². The first kappa shape index (κ1) is 22.3. The number of aryl methyl sites for hydroxylation is 4. The van der Waals surface area contributed by atoms with Crippen LogP contribution in [0.25, 0.3) is 10.8 Å². The van der Waals surface area contributed by atoms with E-state index in [1.165, 1.54) is 11.1 Å². The largest absolute Gasteiger partial charge is 0.490 e. The van der Waals surface area contributed by atoms with Crippen molar-refractivity contribution in [3.8, 4) is 11.8 Å². The van der Waals surface area contributed by atoms with Crippen molar-refractivity contribution in [1.82, 2.24) is 0 Å². The highest BCUT2D eigenvalue weighted by Gasteiger charge is 2.09. The van der Waals surface area contributed by atoms with Gasteiger partial charge in [0.25, 0.3) is 0 Å². The van der Waals surface area contributed by atoms with Crippen molar-refractivity contribution >= 4 is 10.8 Å². The predicted molar refractivity (Wildman–Crippen MR) is 132 cm³/mol. The van der Waals surface area contributed by atoms with Crippen molar-refractivity contribution in [3.05, 3.63) is 125 Å². The van der Waals surface area contributed by atoms with E-state index in [4.69, 9.17) is 10.00 Å². The summed E-state index contributed by atoms with van der Waals surface area (Å²) >= 11 is 0. The lowest BCUT2D eigenvalue weighted by Crippen LogP contribution is -1.97. The zero-order valence-corrected chi connectivity index (χ0v) is 18.6. The van der Waals surface area contributed by atoms with Gasteiger partial charge in [0.05, 0.1) is 11.6 Å². The molecule has 4 aromatic rings. The SMILES string of the molecule is C=CCOc1ccc(CCc2ccc3c(F)c(CCc4ccc(C#N)cc4)ccc3c2)cc1. The van der Waals surface area contributed by atoms with Gasteiger partial charge >= 0.3 is 0 Å². The maximum absolute atomic E-state index is 15.1. The standard InChI is InChI=1S/C30H26FNO/c1-2-19-33-28-16-10-23(11-17-28)3-6-24-12-18-29-27(20-24)15-14-26(30(29)31)13-9-22-4-7-25(21-32)8-5-22/h2,4-5,7-8,10-12,14-18,20H,1,3,6,9,13,19H2. The molecule has 0 bridgehead atoms. The highest BCUT2D eigenvalue weighted by Crippen LogP contribution is 2.24. The van der Waals surface area contributed by atoms with Crippen LogP contribution in [0.4, 0.5) is 4.39 Å². The summed E-state index contributed by atoms with van der Waals surface area (Å²) in [6.45, 7) is 4.16. The van der Waals surface area contributed by atoms with Crippen molar-refractivity contribution in [3.63, 3.8) is 0 Å². The van der Waals surface area contributed by atoms with Gasteiger partial charge in [0.15, 0.2) is 0 Å². The molecule has 0 amide bonds. The summed E-state index contributed by atoms with van der Waals surface area (Å²) in [5.74, 6) is 0.706. The number of halogens is 1. The molecule has 0 aliphatic carbocycles. The van der Waals surface area contributed by atoms with Gasteiger partial charge in [-0.2, -0.15) is 5.26 Å². The Hall–Kier alpha value is -3.90. The van der Waals surface area contributed by atoms with E-state index in [1.807, 2.05) is 48.5 Å². The fraction of sp³-hybridized carbons (Fsp3) is 0.167. The van der Waals surface area contributed by atoms with Crippen molar-refractivity contribution in [2.75, 3.05) is 6.61 Å². The zero-order chi connectivity index (χ0) is 23.0. The van der Waals surface area contributed by atoms with E-state index in [2.05, 4.69) is 30.8 Å². The number of ether oxygens (including phenoxy) is 1. The molecule has 0 aromatic heterocycles. The van der Waals surface area contributed by atoms with Gasteiger partial charge in [0.2, 0.25) is 0 Å². The monoisotopic (exact) mass is 435 g/mol. The molecule has 0 atom stereocenters. The van der Waals surface area contributed by atoms with Gasteiger partial charge in [-0.3, -0.25) is 0 Å². The van der Waals surface area contributed by atoms with Crippen LogP contribution in [-0.2, 0) is 25.7 Å². The molecule has 2 nitrogen and oxygen atoms in total. The lowest BCUT2D eigenvalue weighted by molar-refractivity contribution is 0.363. The van der Waals surface area contributed by atoms with Gasteiger partial charge < -0.3 is 4.74 Å². The molecule has 0 saturated heterocycles. The number of hydrogen-bond acceptors (Lipinski definition) is 2. The summed E-state index contributed by atoms with van der Waals surface area (Å²) in [5, 5.41) is 10.5. The first-order chi connectivity index (χ1) is 16.2. The molecule has 33 heavy (non-hydrogen) atoms. The predicted octanol–water partition coefficient (Wildman–Crippen LogP) is 6.99. The molecule has 0 N–H and O–H groups in total. The highest BCUT2D eigenvalue weighted by atomic mass is 19.1. The first-order valence-corrected chi connectivity index (χ1v) is 11.2. The molecule has 0 saturated carbocycles. The minimum atomic E-state index is -0.136. The normalized spacial score (nSPS) is 10.7. The number of hydrogen-bond donors (Lipinski definition) is 0. The van der Waals surface area contributed by atoms with E-state index in [0.29, 0.717) is 24.0 Å². The van der Waals surface area contributed by atoms with E-state index in [0.717, 1.165) is 41.5 Å². The molecule has 0 unspecified atom stereocenters. The Bertz CT molecular complexity index is 1280. The summed E-state index contributed by atoms with van der Waals surface area (Å²) in [5.41, 5.74) is 4.90. The lowest BCUT2D eigenvalue weighted by atomic mass is 9.97. The maximum atomic E-state index is 15.1. The Morgan fingerprint density at radius 3 is 2.12 bits per heavy atom. The first-order valence-electron chi connectivity index (χ1n) is 11.2. The summed E-state index contributed by atoms with van der Waals surface area (Å²) in [6.07, 6.45) is 4.91. The van der Waals surface area contributed by atoms with Gasteiger partial charge in [0, 0.05) is 5.39 Å². The fourth-order valence-corrected chi connectivity index (χ4v) is 3.96. The van der Waals surface area contributed by atoms with Gasteiger partial charge in [-0.05, 0) is 77.6 Å². The molecule has 0 radical (unpaired) electrons.